The number of amides is 1. The number of ketones is 1. The predicted octanol–water partition coefficient (Wildman–Crippen LogP) is -0.172. The Morgan fingerprint density at radius 3 is 2.38 bits per heavy atom. The lowest BCUT2D eigenvalue weighted by molar-refractivity contribution is -0.123. The molecule has 0 aromatic heterocycles. The zero-order valence-electron chi connectivity index (χ0n) is 10.2. The molecule has 1 amide bonds. The van der Waals surface area contributed by atoms with E-state index in [2.05, 4.69) is 25.1 Å². The molecule has 5 nitrogen and oxygen atoms in total. The number of rotatable bonds is 8. The highest BCUT2D eigenvalue weighted by Crippen LogP contribution is 1.90. The van der Waals surface area contributed by atoms with Crippen molar-refractivity contribution in [1.82, 2.24) is 15.7 Å². The smallest absolute Gasteiger partial charge is 0.238 e. The fraction of sp³-hybridized carbons (Fsp3) is 0.800. The van der Waals surface area contributed by atoms with Gasteiger partial charge in [0.15, 0.2) is 0 Å². The van der Waals surface area contributed by atoms with Crippen LogP contribution in [0.4, 0.5) is 0 Å². The van der Waals surface area contributed by atoms with E-state index in [1.807, 2.05) is 13.8 Å². The van der Waals surface area contributed by atoms with Crippen LogP contribution in [0.2, 0.25) is 0 Å². The van der Waals surface area contributed by atoms with Gasteiger partial charge in [-0.05, 0) is 6.92 Å². The Morgan fingerprint density at radius 2 is 1.94 bits per heavy atom. The Bertz CT molecular complexity index is 234. The van der Waals surface area contributed by atoms with Crippen LogP contribution in [0.15, 0.2) is 0 Å². The maximum atomic E-state index is 11.7. The predicted molar refractivity (Wildman–Crippen MR) is 68.1 cm³/mol. The number of nitrogens with one attached hydrogen (secondary N) is 3. The van der Waals surface area contributed by atoms with Gasteiger partial charge >= 0.3 is 0 Å². The van der Waals surface area contributed by atoms with E-state index in [9.17, 15) is 9.59 Å². The van der Waals surface area contributed by atoms with E-state index < -0.39 is 0 Å². The molecule has 0 spiro atoms. The van der Waals surface area contributed by atoms with Crippen molar-refractivity contribution in [2.75, 3.05) is 13.1 Å². The fourth-order valence-corrected chi connectivity index (χ4v) is 1.47. The average molecular weight is 247 g/mol. The number of carbonyl (C=O) groups is 2. The van der Waals surface area contributed by atoms with Crippen molar-refractivity contribution in [3.8, 4) is 0 Å². The molecule has 0 saturated carbocycles. The van der Waals surface area contributed by atoms with Crippen molar-refractivity contribution in [3.05, 3.63) is 0 Å². The van der Waals surface area contributed by atoms with Crippen molar-refractivity contribution >= 4 is 21.1 Å². The summed E-state index contributed by atoms with van der Waals surface area (Å²) >= 11 is 0. The standard InChI is InChI=1S/C10H22N3O2P/c1-7(2)13-9(6-12-16)10(15)11-5-4-8(3)14/h7,9,12-13H,4-6,16H2,1-3H3,(H,11,15). The molecule has 0 rings (SSSR count). The molecule has 2 atom stereocenters. The molecule has 0 aromatic rings. The Hall–Kier alpha value is -0.510. The lowest BCUT2D eigenvalue weighted by atomic mass is 10.2. The summed E-state index contributed by atoms with van der Waals surface area (Å²) in [6.45, 7) is 6.42. The van der Waals surface area contributed by atoms with E-state index in [-0.39, 0.29) is 23.8 Å². The van der Waals surface area contributed by atoms with Crippen LogP contribution in [0.25, 0.3) is 0 Å². The molecule has 0 aliphatic rings. The molecule has 94 valence electrons. The van der Waals surface area contributed by atoms with Gasteiger partial charge in [-0.15, -0.1) is 0 Å². The Labute approximate surface area is 99.4 Å². The highest BCUT2D eigenvalue weighted by Gasteiger charge is 2.17. The molecular formula is C10H22N3O2P. The maximum absolute atomic E-state index is 11.7. The highest BCUT2D eigenvalue weighted by atomic mass is 31.0. The van der Waals surface area contributed by atoms with Crippen molar-refractivity contribution in [3.63, 3.8) is 0 Å². The minimum atomic E-state index is -0.274. The molecule has 0 heterocycles. The lowest BCUT2D eigenvalue weighted by Crippen LogP contribution is -2.51. The summed E-state index contributed by atoms with van der Waals surface area (Å²) in [5.74, 6) is 0.00254. The van der Waals surface area contributed by atoms with E-state index in [1.165, 1.54) is 6.92 Å². The first kappa shape index (κ1) is 15.5. The number of carbonyl (C=O) groups excluding carboxylic acids is 2. The van der Waals surface area contributed by atoms with Crippen LogP contribution in [0.5, 0.6) is 0 Å². The summed E-state index contributed by atoms with van der Waals surface area (Å²) in [4.78, 5) is 22.4. The second-order valence-corrected chi connectivity index (χ2v) is 4.43. The molecule has 6 heteroatoms. The second-order valence-electron chi connectivity index (χ2n) is 4.03. The van der Waals surface area contributed by atoms with Crippen molar-refractivity contribution in [2.45, 2.75) is 39.3 Å². The van der Waals surface area contributed by atoms with Gasteiger partial charge in [0.1, 0.15) is 5.78 Å². The van der Waals surface area contributed by atoms with Gasteiger partial charge in [-0.3, -0.25) is 14.7 Å². The SMILES string of the molecule is CC(=O)CCNC(=O)C(CNP)NC(C)C. The monoisotopic (exact) mass is 247 g/mol. The molecule has 0 saturated heterocycles. The zero-order chi connectivity index (χ0) is 12.6. The quantitative estimate of drug-likeness (QED) is 0.521. The first-order chi connectivity index (χ1) is 7.47. The number of Topliss-reactive ketones (excluding diaryl/α,β-unsaturated/α-hetero) is 1. The molecule has 0 aliphatic heterocycles. The van der Waals surface area contributed by atoms with E-state index in [1.54, 1.807) is 0 Å². The number of hydrogen-bond acceptors (Lipinski definition) is 4. The van der Waals surface area contributed by atoms with Gasteiger partial charge in [-0.1, -0.05) is 23.2 Å². The molecule has 2 unspecified atom stereocenters. The molecule has 0 bridgehead atoms. The Balaban J connectivity index is 4.00. The van der Waals surface area contributed by atoms with Gasteiger partial charge in [0.25, 0.3) is 0 Å². The van der Waals surface area contributed by atoms with Gasteiger partial charge in [0.2, 0.25) is 5.91 Å². The lowest BCUT2D eigenvalue weighted by Gasteiger charge is -2.20. The summed E-state index contributed by atoms with van der Waals surface area (Å²) in [5.41, 5.74) is 0. The first-order valence-electron chi connectivity index (χ1n) is 5.44. The topological polar surface area (TPSA) is 70.2 Å². The molecule has 0 aromatic carbocycles. The summed E-state index contributed by atoms with van der Waals surface area (Å²) in [5, 5.41) is 8.76. The van der Waals surface area contributed by atoms with Crippen LogP contribution >= 0.6 is 9.39 Å². The van der Waals surface area contributed by atoms with Crippen molar-refractivity contribution in [2.24, 2.45) is 0 Å². The van der Waals surface area contributed by atoms with Crippen LogP contribution in [-0.4, -0.2) is 36.9 Å². The zero-order valence-corrected chi connectivity index (χ0v) is 11.3. The maximum Gasteiger partial charge on any atom is 0.238 e. The normalized spacial score (nSPS) is 12.6. The highest BCUT2D eigenvalue weighted by molar-refractivity contribution is 7.13. The minimum absolute atomic E-state index is 0.0788. The fourth-order valence-electron chi connectivity index (χ4n) is 1.23. The van der Waals surface area contributed by atoms with Gasteiger partial charge in [-0.25, -0.2) is 0 Å². The van der Waals surface area contributed by atoms with Crippen LogP contribution in [0.3, 0.4) is 0 Å². The van der Waals surface area contributed by atoms with E-state index in [0.717, 1.165) is 0 Å². The van der Waals surface area contributed by atoms with Gasteiger partial charge in [-0.2, -0.15) is 0 Å². The van der Waals surface area contributed by atoms with Crippen LogP contribution in [0.1, 0.15) is 27.2 Å². The van der Waals surface area contributed by atoms with Gasteiger partial charge < -0.3 is 10.6 Å². The van der Waals surface area contributed by atoms with Crippen molar-refractivity contribution in [1.29, 1.82) is 0 Å². The third kappa shape index (κ3) is 7.74. The molecule has 0 radical (unpaired) electrons. The second kappa shape index (κ2) is 8.62. The molecule has 16 heavy (non-hydrogen) atoms. The summed E-state index contributed by atoms with van der Waals surface area (Å²) < 4.78 is 0. The van der Waals surface area contributed by atoms with Gasteiger partial charge in [0.05, 0.1) is 6.04 Å². The van der Waals surface area contributed by atoms with Crippen molar-refractivity contribution < 1.29 is 9.59 Å². The van der Waals surface area contributed by atoms with Gasteiger partial charge in [0, 0.05) is 25.6 Å². The largest absolute Gasteiger partial charge is 0.354 e. The van der Waals surface area contributed by atoms with E-state index in [0.29, 0.717) is 19.5 Å². The molecule has 0 fully saturated rings. The Morgan fingerprint density at radius 1 is 1.31 bits per heavy atom. The summed E-state index contributed by atoms with van der Waals surface area (Å²) in [6.07, 6.45) is 0.383. The van der Waals surface area contributed by atoms with E-state index in [4.69, 9.17) is 0 Å². The van der Waals surface area contributed by atoms with Crippen LogP contribution < -0.4 is 15.7 Å². The summed E-state index contributed by atoms with van der Waals surface area (Å²) in [6, 6.07) is -0.0358. The molecule has 0 aliphatic carbocycles. The van der Waals surface area contributed by atoms with E-state index >= 15 is 0 Å². The summed E-state index contributed by atoms with van der Waals surface area (Å²) in [7, 11) is 2.37. The first-order valence-corrected chi connectivity index (χ1v) is 6.01. The number of hydrogen-bond donors (Lipinski definition) is 3. The third-order valence-corrected chi connectivity index (χ3v) is 2.18. The molecular weight excluding hydrogens is 225 g/mol. The minimum Gasteiger partial charge on any atom is -0.354 e. The van der Waals surface area contributed by atoms with Crippen LogP contribution in [-0.2, 0) is 9.59 Å². The van der Waals surface area contributed by atoms with Crippen LogP contribution in [0, 0.1) is 0 Å². The molecule has 3 N–H and O–H groups in total. The average Bonchev–Trinajstić information content (AvgIpc) is 2.15. The third-order valence-electron chi connectivity index (χ3n) is 1.95. The Kier molecular flexibility index (Phi) is 8.35.